The molecule has 1 fully saturated rings. The molecule has 1 unspecified atom stereocenters. The highest BCUT2D eigenvalue weighted by molar-refractivity contribution is 5.91. The Morgan fingerprint density at radius 3 is 2.93 bits per heavy atom. The summed E-state index contributed by atoms with van der Waals surface area (Å²) in [4.78, 5) is 30.0. The topological polar surface area (TPSA) is 84.8 Å². The molecule has 28 heavy (non-hydrogen) atoms. The lowest BCUT2D eigenvalue weighted by atomic mass is 10.1. The fraction of sp³-hybridized carbons (Fsp3) is 0.333. The van der Waals surface area contributed by atoms with Crippen molar-refractivity contribution in [1.82, 2.24) is 9.88 Å². The number of hydrogen-bond donors (Lipinski definition) is 1. The van der Waals surface area contributed by atoms with Gasteiger partial charge in [0.15, 0.2) is 5.76 Å². The molecular weight excluding hydrogens is 360 g/mol. The number of hydrogen-bond acceptors (Lipinski definition) is 5. The molecule has 3 heterocycles. The second-order valence-electron chi connectivity index (χ2n) is 6.87. The Morgan fingerprint density at radius 1 is 1.32 bits per heavy atom. The summed E-state index contributed by atoms with van der Waals surface area (Å²) in [5.74, 6) is 0.691. The fourth-order valence-corrected chi connectivity index (χ4v) is 3.49. The number of rotatable bonds is 6. The summed E-state index contributed by atoms with van der Waals surface area (Å²) in [5, 5.41) is 0.844. The van der Waals surface area contributed by atoms with Gasteiger partial charge in [-0.25, -0.2) is 0 Å². The SMILES string of the molecule is COc1ccc2[nH]c(=O)c(CN(CC3CCCO3)C(=O)c3ccco3)cc2c1. The molecule has 1 aliphatic rings. The number of amides is 1. The number of nitrogens with one attached hydrogen (secondary N) is 1. The van der Waals surface area contributed by atoms with Crippen molar-refractivity contribution in [3.63, 3.8) is 0 Å². The third-order valence-corrected chi connectivity index (χ3v) is 4.96. The van der Waals surface area contributed by atoms with Crippen LogP contribution in [0.1, 0.15) is 29.0 Å². The third-order valence-electron chi connectivity index (χ3n) is 4.96. The normalized spacial score (nSPS) is 16.4. The highest BCUT2D eigenvalue weighted by Gasteiger charge is 2.25. The van der Waals surface area contributed by atoms with Crippen LogP contribution in [0.5, 0.6) is 5.75 Å². The Hall–Kier alpha value is -3.06. The number of methoxy groups -OCH3 is 1. The van der Waals surface area contributed by atoms with E-state index in [1.165, 1.54) is 6.26 Å². The van der Waals surface area contributed by atoms with Gasteiger partial charge in [0.1, 0.15) is 5.75 Å². The highest BCUT2D eigenvalue weighted by Crippen LogP contribution is 2.21. The van der Waals surface area contributed by atoms with Crippen LogP contribution in [0.15, 0.2) is 51.9 Å². The van der Waals surface area contributed by atoms with Gasteiger partial charge >= 0.3 is 0 Å². The average Bonchev–Trinajstić information content (AvgIpc) is 3.41. The minimum Gasteiger partial charge on any atom is -0.497 e. The van der Waals surface area contributed by atoms with Gasteiger partial charge in [-0.05, 0) is 49.2 Å². The van der Waals surface area contributed by atoms with Crippen LogP contribution < -0.4 is 10.3 Å². The number of H-pyrrole nitrogens is 1. The molecular formula is C21H22N2O5. The van der Waals surface area contributed by atoms with Gasteiger partial charge in [0.25, 0.3) is 11.5 Å². The molecule has 7 nitrogen and oxygen atoms in total. The summed E-state index contributed by atoms with van der Waals surface area (Å²) in [6.45, 7) is 1.28. The molecule has 2 aromatic heterocycles. The number of benzene rings is 1. The van der Waals surface area contributed by atoms with Crippen LogP contribution in [0.3, 0.4) is 0 Å². The van der Waals surface area contributed by atoms with E-state index < -0.39 is 0 Å². The fourth-order valence-electron chi connectivity index (χ4n) is 3.49. The van der Waals surface area contributed by atoms with Crippen molar-refractivity contribution in [3.05, 3.63) is 64.3 Å². The maximum atomic E-state index is 12.9. The van der Waals surface area contributed by atoms with Crippen molar-refractivity contribution in [2.45, 2.75) is 25.5 Å². The molecule has 1 aromatic carbocycles. The van der Waals surface area contributed by atoms with Crippen molar-refractivity contribution in [2.24, 2.45) is 0 Å². The number of carbonyl (C=O) groups is 1. The van der Waals surface area contributed by atoms with Gasteiger partial charge < -0.3 is 23.8 Å². The van der Waals surface area contributed by atoms with Gasteiger partial charge in [-0.15, -0.1) is 0 Å². The number of fused-ring (bicyclic) bond motifs is 1. The zero-order chi connectivity index (χ0) is 19.5. The van der Waals surface area contributed by atoms with E-state index in [0.29, 0.717) is 24.5 Å². The number of aromatic amines is 1. The van der Waals surface area contributed by atoms with E-state index in [1.54, 1.807) is 42.3 Å². The van der Waals surface area contributed by atoms with E-state index in [4.69, 9.17) is 13.9 Å². The Bertz CT molecular complexity index is 1020. The minimum atomic E-state index is -0.259. The van der Waals surface area contributed by atoms with Gasteiger partial charge in [0.2, 0.25) is 0 Å². The number of nitrogens with zero attached hydrogens (tertiary/aromatic N) is 1. The summed E-state index contributed by atoms with van der Waals surface area (Å²) in [6.07, 6.45) is 3.31. The Morgan fingerprint density at radius 2 is 2.21 bits per heavy atom. The van der Waals surface area contributed by atoms with Crippen molar-refractivity contribution in [3.8, 4) is 5.75 Å². The van der Waals surface area contributed by atoms with E-state index in [2.05, 4.69) is 4.98 Å². The molecule has 0 spiro atoms. The van der Waals surface area contributed by atoms with Gasteiger partial charge in [-0.1, -0.05) is 0 Å². The average molecular weight is 382 g/mol. The maximum Gasteiger partial charge on any atom is 0.289 e. The number of pyridine rings is 1. The number of carbonyl (C=O) groups excluding carboxylic acids is 1. The molecule has 0 bridgehead atoms. The van der Waals surface area contributed by atoms with Crippen molar-refractivity contribution in [2.75, 3.05) is 20.3 Å². The van der Waals surface area contributed by atoms with Crippen molar-refractivity contribution >= 4 is 16.8 Å². The maximum absolute atomic E-state index is 12.9. The lowest BCUT2D eigenvalue weighted by Gasteiger charge is -2.24. The second kappa shape index (κ2) is 7.90. The van der Waals surface area contributed by atoms with Crippen LogP contribution in [-0.2, 0) is 11.3 Å². The standard InChI is InChI=1S/C21H22N2O5/c1-26-16-6-7-18-14(11-16)10-15(20(24)22-18)12-23(13-17-4-2-8-27-17)21(25)19-5-3-9-28-19/h3,5-7,9-11,17H,2,4,8,12-13H2,1H3,(H,22,24). The van der Waals surface area contributed by atoms with E-state index in [9.17, 15) is 9.59 Å². The molecule has 146 valence electrons. The van der Waals surface area contributed by atoms with Crippen molar-refractivity contribution < 1.29 is 18.7 Å². The quantitative estimate of drug-likeness (QED) is 0.709. The lowest BCUT2D eigenvalue weighted by Crippen LogP contribution is -2.38. The van der Waals surface area contributed by atoms with Gasteiger partial charge in [0, 0.05) is 29.6 Å². The predicted octanol–water partition coefficient (Wildman–Crippen LogP) is 2.95. The summed E-state index contributed by atoms with van der Waals surface area (Å²) in [5.41, 5.74) is 0.999. The molecule has 7 heteroatoms. The minimum absolute atomic E-state index is 0.0291. The number of ether oxygens (including phenoxy) is 2. The molecule has 1 amide bonds. The molecule has 0 aliphatic carbocycles. The Balaban J connectivity index is 1.65. The van der Waals surface area contributed by atoms with Crippen LogP contribution in [0.4, 0.5) is 0 Å². The molecule has 4 rings (SSSR count). The molecule has 1 aliphatic heterocycles. The first-order valence-electron chi connectivity index (χ1n) is 9.28. The first kappa shape index (κ1) is 18.3. The first-order chi connectivity index (χ1) is 13.6. The molecule has 0 saturated carbocycles. The van der Waals surface area contributed by atoms with Crippen LogP contribution in [0, 0.1) is 0 Å². The zero-order valence-electron chi connectivity index (χ0n) is 15.6. The predicted molar refractivity (Wildman–Crippen MR) is 104 cm³/mol. The number of furan rings is 1. The zero-order valence-corrected chi connectivity index (χ0v) is 15.6. The van der Waals surface area contributed by atoms with Crippen LogP contribution in [0.25, 0.3) is 10.9 Å². The van der Waals surface area contributed by atoms with Crippen LogP contribution in [0.2, 0.25) is 0 Å². The van der Waals surface area contributed by atoms with Gasteiger partial charge in [-0.2, -0.15) is 0 Å². The Kier molecular flexibility index (Phi) is 5.16. The number of aromatic nitrogens is 1. The monoisotopic (exact) mass is 382 g/mol. The molecule has 3 aromatic rings. The summed E-state index contributed by atoms with van der Waals surface area (Å²) in [7, 11) is 1.60. The van der Waals surface area contributed by atoms with Crippen LogP contribution >= 0.6 is 0 Å². The first-order valence-corrected chi connectivity index (χ1v) is 9.28. The molecule has 1 saturated heterocycles. The largest absolute Gasteiger partial charge is 0.497 e. The smallest absolute Gasteiger partial charge is 0.289 e. The molecule has 1 N–H and O–H groups in total. The van der Waals surface area contributed by atoms with E-state index in [-0.39, 0.29) is 29.9 Å². The van der Waals surface area contributed by atoms with E-state index in [1.807, 2.05) is 6.07 Å². The van der Waals surface area contributed by atoms with Crippen LogP contribution in [-0.4, -0.2) is 42.2 Å². The van der Waals surface area contributed by atoms with E-state index >= 15 is 0 Å². The molecule has 1 atom stereocenters. The van der Waals surface area contributed by atoms with Gasteiger partial charge in [-0.3, -0.25) is 9.59 Å². The second-order valence-corrected chi connectivity index (χ2v) is 6.87. The lowest BCUT2D eigenvalue weighted by molar-refractivity contribution is 0.0483. The van der Waals surface area contributed by atoms with Gasteiger partial charge in [0.05, 0.1) is 26.0 Å². The van der Waals surface area contributed by atoms with Crippen molar-refractivity contribution in [1.29, 1.82) is 0 Å². The third kappa shape index (κ3) is 3.80. The highest BCUT2D eigenvalue weighted by atomic mass is 16.5. The van der Waals surface area contributed by atoms with E-state index in [0.717, 1.165) is 23.7 Å². The Labute approximate surface area is 161 Å². The summed E-state index contributed by atoms with van der Waals surface area (Å²) in [6, 6.07) is 10.6. The molecule has 0 radical (unpaired) electrons. The summed E-state index contributed by atoms with van der Waals surface area (Å²) >= 11 is 0. The summed E-state index contributed by atoms with van der Waals surface area (Å²) < 4.78 is 16.2.